The van der Waals surface area contributed by atoms with Crippen LogP contribution in [0.4, 0.5) is 8.78 Å². The van der Waals surface area contributed by atoms with Gasteiger partial charge >= 0.3 is 6.61 Å². The summed E-state index contributed by atoms with van der Waals surface area (Å²) < 4.78 is 29.5. The molecule has 2 aromatic rings. The highest BCUT2D eigenvalue weighted by atomic mass is 35.5. The molecule has 4 nitrogen and oxygen atoms in total. The Morgan fingerprint density at radius 3 is 2.64 bits per heavy atom. The molecule has 1 aliphatic heterocycles. The summed E-state index contributed by atoms with van der Waals surface area (Å²) in [6.07, 6.45) is 0. The van der Waals surface area contributed by atoms with E-state index in [1.165, 1.54) is 11.6 Å². The third-order valence-electron chi connectivity index (χ3n) is 4.05. The van der Waals surface area contributed by atoms with Crippen molar-refractivity contribution in [1.29, 1.82) is 0 Å². The van der Waals surface area contributed by atoms with Gasteiger partial charge in [-0.25, -0.2) is 0 Å². The Kier molecular flexibility index (Phi) is 6.33. The molecule has 7 heteroatoms. The largest absolute Gasteiger partial charge is 0.434 e. The Morgan fingerprint density at radius 2 is 1.88 bits per heavy atom. The molecule has 2 N–H and O–H groups in total. The first-order valence-electron chi connectivity index (χ1n) is 7.71. The van der Waals surface area contributed by atoms with Gasteiger partial charge in [0.1, 0.15) is 5.75 Å². The van der Waals surface area contributed by atoms with Gasteiger partial charge in [0.05, 0.1) is 6.04 Å². The van der Waals surface area contributed by atoms with Crippen LogP contribution in [0, 0.1) is 0 Å². The van der Waals surface area contributed by atoms with Crippen LogP contribution < -0.4 is 15.4 Å². The first-order chi connectivity index (χ1) is 11.5. The lowest BCUT2D eigenvalue weighted by atomic mass is 10.0. The molecular formula is C18H19ClF2N2O2. The maximum atomic E-state index is 12.5. The van der Waals surface area contributed by atoms with Crippen molar-refractivity contribution in [2.24, 2.45) is 0 Å². The van der Waals surface area contributed by atoms with Gasteiger partial charge in [0.25, 0.3) is 5.91 Å². The number of hydrogen-bond acceptors (Lipinski definition) is 3. The van der Waals surface area contributed by atoms with Gasteiger partial charge in [0.2, 0.25) is 0 Å². The summed E-state index contributed by atoms with van der Waals surface area (Å²) in [5.41, 5.74) is 3.36. The molecule has 1 atom stereocenters. The van der Waals surface area contributed by atoms with Gasteiger partial charge in [-0.3, -0.25) is 4.79 Å². The maximum Gasteiger partial charge on any atom is 0.387 e. The van der Waals surface area contributed by atoms with Crippen LogP contribution >= 0.6 is 12.4 Å². The van der Waals surface area contributed by atoms with Gasteiger partial charge in [-0.05, 0) is 36.2 Å². The van der Waals surface area contributed by atoms with E-state index < -0.39 is 12.7 Å². The highest BCUT2D eigenvalue weighted by Gasteiger charge is 2.18. The molecular weight excluding hydrogens is 350 g/mol. The summed E-state index contributed by atoms with van der Waals surface area (Å²) in [6.45, 7) is 0.391. The zero-order chi connectivity index (χ0) is 17.1. The zero-order valence-electron chi connectivity index (χ0n) is 13.6. The summed E-state index contributed by atoms with van der Waals surface area (Å²) in [4.78, 5) is 12.4. The van der Waals surface area contributed by atoms with E-state index in [0.29, 0.717) is 11.1 Å². The van der Waals surface area contributed by atoms with Crippen LogP contribution in [0.5, 0.6) is 5.75 Å². The second-order valence-electron chi connectivity index (χ2n) is 5.70. The summed E-state index contributed by atoms with van der Waals surface area (Å²) >= 11 is 0. The maximum absolute atomic E-state index is 12.5. The van der Waals surface area contributed by atoms with E-state index in [1.807, 2.05) is 12.1 Å². The second kappa shape index (κ2) is 8.27. The Morgan fingerprint density at radius 1 is 1.16 bits per heavy atom. The van der Waals surface area contributed by atoms with Crippen LogP contribution in [0.3, 0.4) is 0 Å². The number of amides is 1. The highest BCUT2D eigenvalue weighted by molar-refractivity contribution is 5.94. The molecule has 25 heavy (non-hydrogen) atoms. The first kappa shape index (κ1) is 19.1. The Hall–Kier alpha value is -2.18. The lowest BCUT2D eigenvalue weighted by Gasteiger charge is -2.18. The SMILES string of the molecule is CC(NC(=O)c1ccc2c(c1)CNC2)c1ccccc1OC(F)F.Cl. The van der Waals surface area contributed by atoms with Crippen LogP contribution in [0.15, 0.2) is 42.5 Å². The molecule has 0 aromatic heterocycles. The van der Waals surface area contributed by atoms with E-state index >= 15 is 0 Å². The number of carbonyl (C=O) groups excluding carboxylic acids is 1. The van der Waals surface area contributed by atoms with Crippen molar-refractivity contribution in [3.05, 3.63) is 64.7 Å². The summed E-state index contributed by atoms with van der Waals surface area (Å²) in [5.74, 6) is -0.178. The molecule has 0 spiro atoms. The van der Waals surface area contributed by atoms with Crippen molar-refractivity contribution < 1.29 is 18.3 Å². The van der Waals surface area contributed by atoms with E-state index in [9.17, 15) is 13.6 Å². The van der Waals surface area contributed by atoms with Crippen molar-refractivity contribution >= 4 is 18.3 Å². The number of carbonyl (C=O) groups is 1. The number of alkyl halides is 2. The first-order valence-corrected chi connectivity index (χ1v) is 7.71. The quantitative estimate of drug-likeness (QED) is 0.844. The van der Waals surface area contributed by atoms with Crippen LogP contribution in [0.2, 0.25) is 0 Å². The summed E-state index contributed by atoms with van der Waals surface area (Å²) in [7, 11) is 0. The van der Waals surface area contributed by atoms with E-state index in [-0.39, 0.29) is 24.1 Å². The van der Waals surface area contributed by atoms with Gasteiger partial charge in [-0.2, -0.15) is 8.78 Å². The van der Waals surface area contributed by atoms with Gasteiger partial charge in [-0.1, -0.05) is 24.3 Å². The minimum atomic E-state index is -2.90. The molecule has 0 radical (unpaired) electrons. The number of para-hydroxylation sites is 1. The molecule has 1 aliphatic rings. The summed E-state index contributed by atoms with van der Waals surface area (Å²) in [6, 6.07) is 11.6. The fraction of sp³-hybridized carbons (Fsp3) is 0.278. The van der Waals surface area contributed by atoms with Crippen molar-refractivity contribution in [3.63, 3.8) is 0 Å². The molecule has 0 saturated heterocycles. The zero-order valence-corrected chi connectivity index (χ0v) is 14.4. The standard InChI is InChI=1S/C18H18F2N2O2.ClH/c1-11(15-4-2-3-5-16(15)24-18(19)20)22-17(23)12-6-7-13-9-21-10-14(13)8-12;/h2-8,11,18,21H,9-10H2,1H3,(H,22,23);1H. The van der Waals surface area contributed by atoms with E-state index in [0.717, 1.165) is 18.7 Å². The van der Waals surface area contributed by atoms with Crippen molar-refractivity contribution in [1.82, 2.24) is 10.6 Å². The molecule has 134 valence electrons. The average molecular weight is 369 g/mol. The van der Waals surface area contributed by atoms with Crippen LogP contribution in [0.25, 0.3) is 0 Å². The smallest absolute Gasteiger partial charge is 0.387 e. The number of rotatable bonds is 5. The van der Waals surface area contributed by atoms with Crippen LogP contribution in [0.1, 0.15) is 40.0 Å². The van der Waals surface area contributed by atoms with Crippen LogP contribution in [-0.4, -0.2) is 12.5 Å². The highest BCUT2D eigenvalue weighted by Crippen LogP contribution is 2.26. The molecule has 0 fully saturated rings. The van der Waals surface area contributed by atoms with Crippen molar-refractivity contribution in [3.8, 4) is 5.75 Å². The fourth-order valence-corrected chi connectivity index (χ4v) is 2.84. The number of nitrogens with one attached hydrogen (secondary N) is 2. The summed E-state index contributed by atoms with van der Waals surface area (Å²) in [5, 5.41) is 6.06. The Balaban J connectivity index is 0.00000225. The third-order valence-corrected chi connectivity index (χ3v) is 4.05. The third kappa shape index (κ3) is 4.46. The van der Waals surface area contributed by atoms with Crippen molar-refractivity contribution in [2.45, 2.75) is 32.7 Å². The second-order valence-corrected chi connectivity index (χ2v) is 5.70. The number of benzene rings is 2. The minimum Gasteiger partial charge on any atom is -0.434 e. The number of fused-ring (bicyclic) bond motifs is 1. The molecule has 3 rings (SSSR count). The van der Waals surface area contributed by atoms with Crippen molar-refractivity contribution in [2.75, 3.05) is 0 Å². The minimum absolute atomic E-state index is 0. The Labute approximate surface area is 151 Å². The van der Waals surface area contributed by atoms with Gasteiger partial charge in [0.15, 0.2) is 0 Å². The molecule has 2 aromatic carbocycles. The predicted octanol–water partition coefficient (Wildman–Crippen LogP) is 3.80. The normalized spacial score (nSPS) is 13.8. The number of ether oxygens (including phenoxy) is 1. The van der Waals surface area contributed by atoms with Gasteiger partial charge in [0, 0.05) is 24.2 Å². The number of halogens is 3. The molecule has 0 saturated carbocycles. The molecule has 1 amide bonds. The topological polar surface area (TPSA) is 50.4 Å². The lowest BCUT2D eigenvalue weighted by Crippen LogP contribution is -2.27. The Bertz CT molecular complexity index is 756. The predicted molar refractivity (Wildman–Crippen MR) is 93.2 cm³/mol. The van der Waals surface area contributed by atoms with E-state index in [1.54, 1.807) is 31.2 Å². The van der Waals surface area contributed by atoms with E-state index in [4.69, 9.17) is 0 Å². The van der Waals surface area contributed by atoms with Gasteiger partial charge in [-0.15, -0.1) is 12.4 Å². The lowest BCUT2D eigenvalue weighted by molar-refractivity contribution is -0.0506. The van der Waals surface area contributed by atoms with E-state index in [2.05, 4.69) is 15.4 Å². The molecule has 1 unspecified atom stereocenters. The van der Waals surface area contributed by atoms with Gasteiger partial charge < -0.3 is 15.4 Å². The fourth-order valence-electron chi connectivity index (χ4n) is 2.84. The van der Waals surface area contributed by atoms with Crippen LogP contribution in [-0.2, 0) is 13.1 Å². The molecule has 0 aliphatic carbocycles. The average Bonchev–Trinajstić information content (AvgIpc) is 3.02. The molecule has 1 heterocycles. The monoisotopic (exact) mass is 368 g/mol. The number of hydrogen-bond donors (Lipinski definition) is 2. The molecule has 0 bridgehead atoms.